The van der Waals surface area contributed by atoms with Gasteiger partial charge in [-0.1, -0.05) is 124 Å². The van der Waals surface area contributed by atoms with Crippen molar-refractivity contribution >= 4 is 47.2 Å². The monoisotopic (exact) mass is 774 g/mol. The number of nitrogens with zero attached hydrogens (tertiary/aromatic N) is 3. The summed E-state index contributed by atoms with van der Waals surface area (Å²) in [5, 5.41) is 10.8. The average Bonchev–Trinajstić information content (AvgIpc) is 3.56. The average molecular weight is 776 g/mol. The number of hydrogen-bond acceptors (Lipinski definition) is 5. The topological polar surface area (TPSA) is 96.7 Å². The summed E-state index contributed by atoms with van der Waals surface area (Å²) in [4.78, 5) is 5.22. The number of imidazole rings is 1. The molecule has 0 fully saturated rings. The number of rotatable bonds is 11. The highest BCUT2D eigenvalue weighted by atomic mass is 35.5. The molecule has 5 aromatic rings. The van der Waals surface area contributed by atoms with Gasteiger partial charge >= 0.3 is 10.2 Å². The number of anilines is 1. The molecule has 2 N–H and O–H groups in total. The molecule has 0 bridgehead atoms. The molecular formula is C40H44Cl2N4O4SSi. The van der Waals surface area contributed by atoms with E-state index in [0.717, 1.165) is 50.3 Å². The van der Waals surface area contributed by atoms with Crippen LogP contribution in [0.2, 0.25) is 35.7 Å². The Balaban J connectivity index is 1.41. The molecule has 0 radical (unpaired) electrons. The first-order chi connectivity index (χ1) is 24.5. The van der Waals surface area contributed by atoms with Crippen molar-refractivity contribution in [2.24, 2.45) is 0 Å². The van der Waals surface area contributed by atoms with Crippen LogP contribution in [0.15, 0.2) is 103 Å². The minimum Gasteiger partial charge on any atom is -0.493 e. The Morgan fingerprint density at radius 2 is 1.48 bits per heavy atom. The number of aromatic nitrogens is 2. The molecule has 0 atom stereocenters. The van der Waals surface area contributed by atoms with Crippen LogP contribution in [0.3, 0.4) is 0 Å². The van der Waals surface area contributed by atoms with Gasteiger partial charge in [0.1, 0.15) is 12.6 Å². The first-order valence-electron chi connectivity index (χ1n) is 17.1. The molecule has 2 heterocycles. The van der Waals surface area contributed by atoms with Crippen LogP contribution in [-0.2, 0) is 33.5 Å². The van der Waals surface area contributed by atoms with Crippen molar-refractivity contribution in [2.75, 3.05) is 10.9 Å². The number of benzene rings is 4. The third kappa shape index (κ3) is 8.59. The van der Waals surface area contributed by atoms with Crippen LogP contribution in [-0.4, -0.2) is 37.8 Å². The molecule has 8 nitrogen and oxygen atoms in total. The van der Waals surface area contributed by atoms with Gasteiger partial charge in [0, 0.05) is 37.3 Å². The summed E-state index contributed by atoms with van der Waals surface area (Å²) in [6, 6.07) is 30.7. The molecule has 1 aliphatic heterocycles. The van der Waals surface area contributed by atoms with Gasteiger partial charge in [0.05, 0.1) is 28.3 Å². The second kappa shape index (κ2) is 14.8. The van der Waals surface area contributed by atoms with E-state index in [-0.39, 0.29) is 12.1 Å². The standard InChI is InChI=1S/C40H44Cl2N4O4SSi/c1-40(2,3)31-15-11-29(12-16-31)28-9-7-27(8-10-28)23-36-43-38(34-20-17-32(41)24-35(34)42)39(45(36)26-50-21-22-52(4,5)6)30-13-18-33(19-14-30)46-25-37(47)44-51(46,48)49/h7-20,24-25,44,47H,21-23,26H2,1-6H3. The van der Waals surface area contributed by atoms with Gasteiger partial charge in [0.15, 0.2) is 0 Å². The Bertz CT molecular complexity index is 2210. The molecule has 0 amide bonds. The summed E-state index contributed by atoms with van der Waals surface area (Å²) in [6.07, 6.45) is 1.66. The fourth-order valence-corrected chi connectivity index (χ4v) is 8.31. The summed E-state index contributed by atoms with van der Waals surface area (Å²) < 4.78 is 36.7. The fourth-order valence-electron chi connectivity index (χ4n) is 6.00. The Morgan fingerprint density at radius 3 is 2.04 bits per heavy atom. The second-order valence-corrected chi connectivity index (χ2v) is 23.3. The van der Waals surface area contributed by atoms with E-state index in [0.29, 0.717) is 40.0 Å². The van der Waals surface area contributed by atoms with Crippen molar-refractivity contribution in [2.45, 2.75) is 65.0 Å². The smallest absolute Gasteiger partial charge is 0.330 e. The van der Waals surface area contributed by atoms with Crippen molar-refractivity contribution in [1.82, 2.24) is 14.3 Å². The number of ether oxygens (including phenoxy) is 1. The fraction of sp³-hybridized carbons (Fsp3) is 0.275. The molecule has 0 spiro atoms. The Hall–Kier alpha value is -4.06. The summed E-state index contributed by atoms with van der Waals surface area (Å²) >= 11 is 13.1. The van der Waals surface area contributed by atoms with Crippen LogP contribution in [0.4, 0.5) is 5.69 Å². The molecule has 272 valence electrons. The van der Waals surface area contributed by atoms with Gasteiger partial charge in [-0.25, -0.2) is 14.0 Å². The van der Waals surface area contributed by atoms with Gasteiger partial charge in [-0.3, -0.25) is 0 Å². The van der Waals surface area contributed by atoms with E-state index in [1.807, 2.05) is 18.2 Å². The largest absolute Gasteiger partial charge is 0.493 e. The SMILES string of the molecule is CC(C)(C)c1ccc(-c2ccc(Cc3nc(-c4ccc(Cl)cc4Cl)c(-c4ccc(N5C=C(O)NS5(=O)=O)cc4)n3COCC[Si](C)(C)C)cc2)cc1. The van der Waals surface area contributed by atoms with Gasteiger partial charge < -0.3 is 14.4 Å². The highest BCUT2D eigenvalue weighted by Crippen LogP contribution is 2.39. The van der Waals surface area contributed by atoms with Crippen LogP contribution in [0, 0.1) is 0 Å². The molecule has 1 aromatic heterocycles. The van der Waals surface area contributed by atoms with E-state index in [1.54, 1.807) is 24.3 Å². The van der Waals surface area contributed by atoms with Gasteiger partial charge in [-0.2, -0.15) is 8.42 Å². The molecule has 0 unspecified atom stereocenters. The third-order valence-electron chi connectivity index (χ3n) is 8.98. The van der Waals surface area contributed by atoms with Crippen LogP contribution in [0.1, 0.15) is 37.7 Å². The zero-order valence-electron chi connectivity index (χ0n) is 30.2. The number of aliphatic hydroxyl groups is 1. The lowest BCUT2D eigenvalue weighted by atomic mass is 9.86. The maximum atomic E-state index is 12.6. The van der Waals surface area contributed by atoms with Gasteiger partial charge in [0.2, 0.25) is 5.88 Å². The van der Waals surface area contributed by atoms with Gasteiger partial charge in [0.25, 0.3) is 0 Å². The van der Waals surface area contributed by atoms with Crippen molar-refractivity contribution < 1.29 is 18.3 Å². The lowest BCUT2D eigenvalue weighted by Crippen LogP contribution is -2.29. The van der Waals surface area contributed by atoms with Crippen LogP contribution in [0.25, 0.3) is 33.6 Å². The van der Waals surface area contributed by atoms with Crippen LogP contribution in [0.5, 0.6) is 0 Å². The number of nitrogens with one attached hydrogen (secondary N) is 1. The zero-order chi connectivity index (χ0) is 37.4. The summed E-state index contributed by atoms with van der Waals surface area (Å²) in [5.41, 5.74) is 8.03. The van der Waals surface area contributed by atoms with E-state index >= 15 is 0 Å². The van der Waals surface area contributed by atoms with Crippen molar-refractivity contribution in [3.05, 3.63) is 130 Å². The van der Waals surface area contributed by atoms with Gasteiger partial charge in [-0.05, 0) is 64.0 Å². The zero-order valence-corrected chi connectivity index (χ0v) is 33.6. The molecule has 12 heteroatoms. The van der Waals surface area contributed by atoms with Gasteiger partial charge in [-0.15, -0.1) is 0 Å². The number of hydrogen-bond donors (Lipinski definition) is 2. The summed E-state index contributed by atoms with van der Waals surface area (Å²) in [6.45, 7) is 14.5. The first kappa shape index (κ1) is 37.7. The summed E-state index contributed by atoms with van der Waals surface area (Å²) in [7, 11) is -5.30. The van der Waals surface area contributed by atoms with Crippen LogP contribution < -0.4 is 9.03 Å². The third-order valence-corrected chi connectivity index (χ3v) is 12.5. The Labute approximate surface area is 317 Å². The quantitative estimate of drug-likeness (QED) is 0.103. The molecule has 4 aromatic carbocycles. The highest BCUT2D eigenvalue weighted by molar-refractivity contribution is 7.91. The molecule has 0 aliphatic carbocycles. The van der Waals surface area contributed by atoms with Crippen LogP contribution >= 0.6 is 23.2 Å². The van der Waals surface area contributed by atoms with E-state index in [9.17, 15) is 13.5 Å². The summed E-state index contributed by atoms with van der Waals surface area (Å²) in [5.74, 6) is 0.336. The molecule has 1 aliphatic rings. The maximum absolute atomic E-state index is 12.6. The predicted molar refractivity (Wildman–Crippen MR) is 216 cm³/mol. The number of halogens is 2. The Kier molecular flexibility index (Phi) is 10.7. The minimum absolute atomic E-state index is 0.0893. The lowest BCUT2D eigenvalue weighted by molar-refractivity contribution is 0.0865. The molecule has 6 rings (SSSR count). The molecule has 52 heavy (non-hydrogen) atoms. The number of aliphatic hydroxyl groups excluding tert-OH is 1. The highest BCUT2D eigenvalue weighted by Gasteiger charge is 2.29. The van der Waals surface area contributed by atoms with E-state index in [4.69, 9.17) is 32.9 Å². The van der Waals surface area contributed by atoms with E-state index in [1.165, 1.54) is 5.56 Å². The first-order valence-corrected chi connectivity index (χ1v) is 23.0. The van der Waals surface area contributed by atoms with E-state index in [2.05, 4.69) is 98.2 Å². The minimum atomic E-state index is -3.95. The molecular weight excluding hydrogens is 732 g/mol. The second-order valence-electron chi connectivity index (χ2n) is 15.3. The molecule has 0 saturated carbocycles. The molecule has 0 saturated heterocycles. The van der Waals surface area contributed by atoms with Crippen molar-refractivity contribution in [3.8, 4) is 33.6 Å². The van der Waals surface area contributed by atoms with Crippen molar-refractivity contribution in [1.29, 1.82) is 0 Å². The van der Waals surface area contributed by atoms with Crippen molar-refractivity contribution in [3.63, 3.8) is 0 Å². The maximum Gasteiger partial charge on any atom is 0.330 e. The lowest BCUT2D eigenvalue weighted by Gasteiger charge is -2.19. The Morgan fingerprint density at radius 1 is 0.865 bits per heavy atom. The predicted octanol–water partition coefficient (Wildman–Crippen LogP) is 10.4. The van der Waals surface area contributed by atoms with E-state index < -0.39 is 24.2 Å². The normalized spacial score (nSPS) is 14.4.